The molecular formula is C34H26IrN2OS-2. The van der Waals surface area contributed by atoms with Crippen molar-refractivity contribution >= 4 is 43.4 Å². The van der Waals surface area contributed by atoms with Crippen LogP contribution in [0.4, 0.5) is 0 Å². The van der Waals surface area contributed by atoms with Crippen LogP contribution in [0.5, 0.6) is 0 Å². The third kappa shape index (κ3) is 5.44. The number of benzene rings is 3. The van der Waals surface area contributed by atoms with Crippen molar-refractivity contribution in [3.63, 3.8) is 0 Å². The molecule has 0 unspecified atom stereocenters. The summed E-state index contributed by atoms with van der Waals surface area (Å²) in [4.78, 5) is 9.71. The van der Waals surface area contributed by atoms with Crippen LogP contribution in [0.3, 0.4) is 0 Å². The first-order chi connectivity index (χ1) is 20.1. The SMILES string of the molecule is Cc1c[c-]c(-c2cc(C)c(C)cn2)cc1.[2H]c1nc(-c2[c-]ccc3c2oc2cc4sc(C)cc4cc23)c([2H])c([2H])c1[2H].[Ir]. The summed E-state index contributed by atoms with van der Waals surface area (Å²) in [6.45, 7) is 8.32. The van der Waals surface area contributed by atoms with E-state index in [4.69, 9.17) is 9.90 Å². The number of pyridine rings is 2. The number of hydrogen-bond acceptors (Lipinski definition) is 4. The summed E-state index contributed by atoms with van der Waals surface area (Å²) in [5, 5.41) is 2.99. The smallest absolute Gasteiger partial charge is 0.122 e. The van der Waals surface area contributed by atoms with Crippen molar-refractivity contribution in [3.8, 4) is 22.5 Å². The fourth-order valence-corrected chi connectivity index (χ4v) is 5.30. The molecule has 1 radical (unpaired) electrons. The van der Waals surface area contributed by atoms with Crippen LogP contribution in [-0.4, -0.2) is 9.97 Å². The summed E-state index contributed by atoms with van der Waals surface area (Å²) < 4.78 is 38.8. The van der Waals surface area contributed by atoms with Crippen LogP contribution >= 0.6 is 11.3 Å². The van der Waals surface area contributed by atoms with Crippen LogP contribution in [0.15, 0.2) is 89.5 Å². The Labute approximate surface area is 251 Å². The van der Waals surface area contributed by atoms with E-state index >= 15 is 0 Å². The largest absolute Gasteiger partial charge is 0.501 e. The van der Waals surface area contributed by atoms with Gasteiger partial charge in [0.05, 0.1) is 11.1 Å². The Hall–Kier alpha value is -3.63. The van der Waals surface area contributed by atoms with Gasteiger partial charge >= 0.3 is 0 Å². The molecule has 0 aliphatic rings. The molecule has 0 N–H and O–H groups in total. The fraction of sp³-hybridized carbons (Fsp3) is 0.118. The van der Waals surface area contributed by atoms with E-state index < -0.39 is 0 Å². The van der Waals surface area contributed by atoms with E-state index in [1.807, 2.05) is 24.4 Å². The summed E-state index contributed by atoms with van der Waals surface area (Å²) in [6, 6.07) is 23.6. The molecule has 39 heavy (non-hydrogen) atoms. The number of hydrogen-bond donors (Lipinski definition) is 0. The van der Waals surface area contributed by atoms with Crippen LogP contribution < -0.4 is 0 Å². The maximum absolute atomic E-state index is 8.18. The van der Waals surface area contributed by atoms with Gasteiger partial charge in [-0.2, -0.15) is 0 Å². The van der Waals surface area contributed by atoms with Gasteiger partial charge in [-0.3, -0.25) is 0 Å². The molecule has 7 aromatic rings. The number of fused-ring (bicyclic) bond motifs is 4. The molecule has 0 aliphatic carbocycles. The van der Waals surface area contributed by atoms with E-state index in [0.717, 1.165) is 37.7 Å². The molecule has 0 saturated carbocycles. The normalized spacial score (nSPS) is 12.3. The third-order valence-corrected chi connectivity index (χ3v) is 7.53. The van der Waals surface area contributed by atoms with Gasteiger partial charge < -0.3 is 14.4 Å². The van der Waals surface area contributed by atoms with E-state index in [2.05, 4.69) is 80.1 Å². The molecule has 0 fully saturated rings. The topological polar surface area (TPSA) is 38.9 Å². The third-order valence-electron chi connectivity index (χ3n) is 6.51. The second-order valence-corrected chi connectivity index (χ2v) is 10.6. The van der Waals surface area contributed by atoms with Gasteiger partial charge in [-0.1, -0.05) is 41.6 Å². The molecule has 4 heterocycles. The molecule has 5 heteroatoms. The van der Waals surface area contributed by atoms with Crippen LogP contribution in [-0.2, 0) is 20.1 Å². The number of nitrogens with zero attached hydrogens (tertiary/aromatic N) is 2. The zero-order chi connectivity index (χ0) is 29.7. The maximum atomic E-state index is 8.18. The average molecular weight is 707 g/mol. The fourth-order valence-electron chi connectivity index (χ4n) is 4.37. The minimum atomic E-state index is -0.351. The molecule has 3 aromatic carbocycles. The molecule has 0 aliphatic heterocycles. The molecule has 0 spiro atoms. The van der Waals surface area contributed by atoms with Gasteiger partial charge in [0, 0.05) is 47.4 Å². The predicted octanol–water partition coefficient (Wildman–Crippen LogP) is 9.44. The number of thiophene rings is 1. The standard InChI is InChI=1S/C20H12NOS.C14H14N.Ir/c1-12-9-13-10-16-14-5-4-6-15(17-7-2-3-8-21-17)20(14)22-18(16)11-19(13)23-12;1-10-4-6-13(7-5-10)14-8-11(2)12(3)9-15-14;/h2-5,7-11H,1H3;4-6,8-9H,1-3H3;/q2*-1;/i2D,3D,7D,8D;;. The first kappa shape index (κ1) is 22.2. The molecule has 195 valence electrons. The second kappa shape index (κ2) is 11.2. The Bertz CT molecular complexity index is 2140. The van der Waals surface area contributed by atoms with Crippen LogP contribution in [0.1, 0.15) is 27.1 Å². The quantitative estimate of drug-likeness (QED) is 0.168. The summed E-state index contributed by atoms with van der Waals surface area (Å²) in [6.07, 6.45) is 1.58. The van der Waals surface area contributed by atoms with Gasteiger partial charge in [0.1, 0.15) is 5.58 Å². The maximum Gasteiger partial charge on any atom is 0.122 e. The van der Waals surface area contributed by atoms with Crippen molar-refractivity contribution in [2.45, 2.75) is 27.7 Å². The minimum Gasteiger partial charge on any atom is -0.501 e. The Morgan fingerprint density at radius 3 is 2.54 bits per heavy atom. The van der Waals surface area contributed by atoms with Crippen molar-refractivity contribution in [3.05, 3.63) is 119 Å². The van der Waals surface area contributed by atoms with Gasteiger partial charge in [-0.05, 0) is 67.4 Å². The van der Waals surface area contributed by atoms with Crippen molar-refractivity contribution in [1.29, 1.82) is 0 Å². The summed E-state index contributed by atoms with van der Waals surface area (Å²) in [5.41, 5.74) is 7.63. The van der Waals surface area contributed by atoms with Gasteiger partial charge in [-0.25, -0.2) is 0 Å². The monoisotopic (exact) mass is 707 g/mol. The molecule has 0 atom stereocenters. The number of rotatable bonds is 2. The van der Waals surface area contributed by atoms with Crippen LogP contribution in [0.25, 0.3) is 54.5 Å². The molecule has 0 amide bonds. The van der Waals surface area contributed by atoms with Crippen molar-refractivity contribution < 1.29 is 30.0 Å². The van der Waals surface area contributed by atoms with Crippen molar-refractivity contribution in [2.75, 3.05) is 0 Å². The Balaban J connectivity index is 0.000000197. The van der Waals surface area contributed by atoms with Gasteiger partial charge in [0.15, 0.2) is 0 Å². The zero-order valence-electron chi connectivity index (χ0n) is 25.8. The summed E-state index contributed by atoms with van der Waals surface area (Å²) >= 11 is 1.70. The van der Waals surface area contributed by atoms with Gasteiger partial charge in [0.25, 0.3) is 0 Å². The zero-order valence-corrected chi connectivity index (χ0v) is 25.0. The van der Waals surface area contributed by atoms with E-state index in [1.165, 1.54) is 21.6 Å². The van der Waals surface area contributed by atoms with Crippen molar-refractivity contribution in [2.24, 2.45) is 0 Å². The Kier molecular flexibility index (Phi) is 6.40. The summed E-state index contributed by atoms with van der Waals surface area (Å²) in [5.74, 6) is 0. The Morgan fingerprint density at radius 2 is 1.74 bits per heavy atom. The predicted molar refractivity (Wildman–Crippen MR) is 159 cm³/mol. The van der Waals surface area contributed by atoms with E-state index in [0.29, 0.717) is 11.1 Å². The van der Waals surface area contributed by atoms with Crippen LogP contribution in [0.2, 0.25) is 0 Å². The molecule has 0 bridgehead atoms. The van der Waals surface area contributed by atoms with E-state index in [9.17, 15) is 0 Å². The van der Waals surface area contributed by atoms with Crippen molar-refractivity contribution in [1.82, 2.24) is 9.97 Å². The average Bonchev–Trinajstić information content (AvgIpc) is 3.53. The number of aryl methyl sites for hydroxylation is 4. The molecular weight excluding hydrogens is 677 g/mol. The van der Waals surface area contributed by atoms with E-state index in [1.54, 1.807) is 17.4 Å². The first-order valence-corrected chi connectivity index (χ1v) is 13.1. The first-order valence-electron chi connectivity index (χ1n) is 14.2. The second-order valence-electron chi connectivity index (χ2n) is 9.32. The molecule has 3 nitrogen and oxygen atoms in total. The van der Waals surface area contributed by atoms with Crippen LogP contribution in [0, 0.1) is 39.8 Å². The van der Waals surface area contributed by atoms with Gasteiger partial charge in [0.2, 0.25) is 0 Å². The summed E-state index contributed by atoms with van der Waals surface area (Å²) in [7, 11) is 0. The number of furan rings is 1. The van der Waals surface area contributed by atoms with E-state index in [-0.39, 0.29) is 50.1 Å². The Morgan fingerprint density at radius 1 is 0.872 bits per heavy atom. The molecule has 7 rings (SSSR count). The molecule has 4 aromatic heterocycles. The van der Waals surface area contributed by atoms with Gasteiger partial charge in [-0.15, -0.1) is 64.9 Å². The minimum absolute atomic E-state index is 0. The molecule has 0 saturated heterocycles. The number of aromatic nitrogens is 2.